The van der Waals surface area contributed by atoms with Crippen molar-refractivity contribution in [3.63, 3.8) is 0 Å². The molecule has 0 saturated heterocycles. The van der Waals surface area contributed by atoms with Crippen molar-refractivity contribution in [3.8, 4) is 33.4 Å². The van der Waals surface area contributed by atoms with Gasteiger partial charge in [0, 0.05) is 50.7 Å². The van der Waals surface area contributed by atoms with Crippen LogP contribution in [0.1, 0.15) is 11.3 Å². The molecule has 0 radical (unpaired) electrons. The van der Waals surface area contributed by atoms with E-state index in [4.69, 9.17) is 13.8 Å². The largest absolute Gasteiger partial charge is 0.458 e. The lowest BCUT2D eigenvalue weighted by atomic mass is 9.93. The minimum Gasteiger partial charge on any atom is -0.458 e. The first-order valence-electron chi connectivity index (χ1n) is 20.0. The Morgan fingerprint density at radius 2 is 1.07 bits per heavy atom. The second kappa shape index (κ2) is 13.4. The van der Waals surface area contributed by atoms with E-state index >= 15 is 0 Å². The molecule has 1 aliphatic rings. The molecular weight excluding hydrogens is 723 g/mol. The molecule has 12 rings (SSSR count). The van der Waals surface area contributed by atoms with Gasteiger partial charge >= 0.3 is 0 Å². The van der Waals surface area contributed by atoms with Crippen LogP contribution in [0.3, 0.4) is 0 Å². The quantitative estimate of drug-likeness (QED) is 0.171. The van der Waals surface area contributed by atoms with Crippen molar-refractivity contribution in [2.45, 2.75) is 6.54 Å². The molecule has 0 fully saturated rings. The number of hydrogen-bond acceptors (Lipinski definition) is 5. The molecule has 5 heteroatoms. The summed E-state index contributed by atoms with van der Waals surface area (Å²) < 4.78 is 12.8. The van der Waals surface area contributed by atoms with E-state index in [1.165, 1.54) is 32.7 Å². The van der Waals surface area contributed by atoms with Gasteiger partial charge in [-0.1, -0.05) is 115 Å². The van der Waals surface area contributed by atoms with E-state index in [-0.39, 0.29) is 0 Å². The number of anilines is 3. The molecule has 4 heterocycles. The molecule has 0 atom stereocenters. The molecule has 0 saturated carbocycles. The number of rotatable bonds is 6. The Balaban J connectivity index is 0.962. The average molecular weight is 758 g/mol. The predicted octanol–water partition coefficient (Wildman–Crippen LogP) is 14.6. The topological polar surface area (TPSA) is 54.4 Å². The van der Waals surface area contributed by atoms with Gasteiger partial charge in [0.05, 0.1) is 6.54 Å². The Kier molecular flexibility index (Phi) is 7.53. The van der Waals surface area contributed by atoms with Gasteiger partial charge in [-0.05, 0) is 117 Å². The van der Waals surface area contributed by atoms with E-state index in [1.807, 2.05) is 36.7 Å². The third-order valence-electron chi connectivity index (χ3n) is 11.8. The molecule has 0 aliphatic carbocycles. The van der Waals surface area contributed by atoms with Gasteiger partial charge in [0.2, 0.25) is 0 Å². The number of benzene rings is 8. The standard InChI is InChI=1S/C54H35N3O2/c1-2-9-41-37(8-1)32-49(45-11-4-3-10-44(41)45)36-20-26-40(27-21-36)57(38-22-16-34(17-23-38)42-13-7-14-47-46-28-30-55-33-51(46)59-53(42)47)39-24-18-35(19-25-39)43-29-31-56-52-48-12-5-6-15-50(48)58-54(43)52/h1-32,55H,33H2. The van der Waals surface area contributed by atoms with Gasteiger partial charge in [0.15, 0.2) is 5.58 Å². The molecule has 0 unspecified atom stereocenters. The summed E-state index contributed by atoms with van der Waals surface area (Å²) in [6, 6.07) is 62.7. The lowest BCUT2D eigenvalue weighted by Crippen LogP contribution is -2.09. The van der Waals surface area contributed by atoms with E-state index in [1.54, 1.807) is 0 Å². The fourth-order valence-electron chi connectivity index (χ4n) is 8.97. The van der Waals surface area contributed by atoms with Gasteiger partial charge in [-0.15, -0.1) is 0 Å². The molecule has 1 N–H and O–H groups in total. The highest BCUT2D eigenvalue weighted by molar-refractivity contribution is 6.14. The minimum absolute atomic E-state index is 0.687. The summed E-state index contributed by atoms with van der Waals surface area (Å²) >= 11 is 0. The Bertz CT molecular complexity index is 3430. The molecule has 11 aromatic rings. The Morgan fingerprint density at radius 3 is 1.80 bits per heavy atom. The van der Waals surface area contributed by atoms with Gasteiger partial charge in [-0.25, -0.2) is 0 Å². The van der Waals surface area contributed by atoms with Gasteiger partial charge < -0.3 is 19.1 Å². The lowest BCUT2D eigenvalue weighted by molar-refractivity contribution is 0.533. The average Bonchev–Trinajstić information content (AvgIpc) is 3.89. The van der Waals surface area contributed by atoms with Gasteiger partial charge in [0.25, 0.3) is 0 Å². The highest BCUT2D eigenvalue weighted by Crippen LogP contribution is 2.42. The summed E-state index contributed by atoms with van der Waals surface area (Å²) in [7, 11) is 0. The normalized spacial score (nSPS) is 12.4. The van der Waals surface area contributed by atoms with Gasteiger partial charge in [-0.3, -0.25) is 4.98 Å². The van der Waals surface area contributed by atoms with Crippen LogP contribution in [-0.2, 0) is 6.54 Å². The molecular formula is C54H35N3O2. The minimum atomic E-state index is 0.687. The second-order valence-electron chi connectivity index (χ2n) is 15.1. The summed E-state index contributed by atoms with van der Waals surface area (Å²) in [5.41, 5.74) is 14.4. The van der Waals surface area contributed by atoms with Crippen molar-refractivity contribution >= 4 is 77.7 Å². The summed E-state index contributed by atoms with van der Waals surface area (Å²) in [5, 5.41) is 10.4. The maximum atomic E-state index is 6.45. The smallest absolute Gasteiger partial charge is 0.161 e. The highest BCUT2D eigenvalue weighted by Gasteiger charge is 2.20. The number of furan rings is 2. The van der Waals surface area contributed by atoms with Crippen LogP contribution in [0.2, 0.25) is 0 Å². The summed E-state index contributed by atoms with van der Waals surface area (Å²) in [6.45, 7) is 0.687. The fraction of sp³-hybridized carbons (Fsp3) is 0.0185. The van der Waals surface area contributed by atoms with Crippen LogP contribution in [0.5, 0.6) is 0 Å². The number of nitrogens with one attached hydrogen (secondary N) is 1. The molecule has 5 nitrogen and oxygen atoms in total. The van der Waals surface area contributed by atoms with Crippen LogP contribution in [0.25, 0.3) is 94.0 Å². The molecule has 59 heavy (non-hydrogen) atoms. The number of nitrogens with zero attached hydrogens (tertiary/aromatic N) is 2. The van der Waals surface area contributed by atoms with Crippen molar-refractivity contribution in [3.05, 3.63) is 200 Å². The SMILES string of the molecule is C1=Cc2c(oc3c(-c4ccc(N(c5ccc(-c6cc7ccccc7c7ccccc67)cc5)c5ccc(-c6ccnc7c6oc6ccccc67)cc5)cc4)cccc23)CN1. The van der Waals surface area contributed by atoms with E-state index < -0.39 is 0 Å². The number of fused-ring (bicyclic) bond motifs is 9. The number of para-hydroxylation sites is 2. The Morgan fingerprint density at radius 1 is 0.475 bits per heavy atom. The first-order chi connectivity index (χ1) is 29.2. The molecule has 1 aliphatic heterocycles. The van der Waals surface area contributed by atoms with Crippen LogP contribution in [0.15, 0.2) is 197 Å². The zero-order valence-corrected chi connectivity index (χ0v) is 31.9. The zero-order chi connectivity index (χ0) is 38.9. The lowest BCUT2D eigenvalue weighted by Gasteiger charge is -2.26. The number of pyridine rings is 1. The van der Waals surface area contributed by atoms with Gasteiger partial charge in [-0.2, -0.15) is 0 Å². The van der Waals surface area contributed by atoms with Crippen molar-refractivity contribution in [1.82, 2.24) is 10.3 Å². The van der Waals surface area contributed by atoms with Crippen LogP contribution in [0.4, 0.5) is 17.1 Å². The Hall–Kier alpha value is -7.89. The molecule has 0 amide bonds. The zero-order valence-electron chi connectivity index (χ0n) is 31.9. The van der Waals surface area contributed by atoms with Crippen LogP contribution in [-0.4, -0.2) is 4.98 Å². The summed E-state index contributed by atoms with van der Waals surface area (Å²) in [4.78, 5) is 7.01. The third-order valence-corrected chi connectivity index (χ3v) is 11.8. The van der Waals surface area contributed by atoms with Crippen molar-refractivity contribution < 1.29 is 8.83 Å². The van der Waals surface area contributed by atoms with Gasteiger partial charge in [0.1, 0.15) is 22.4 Å². The molecule has 3 aromatic heterocycles. The molecule has 278 valence electrons. The van der Waals surface area contributed by atoms with E-state index in [0.717, 1.165) is 83.7 Å². The maximum absolute atomic E-state index is 6.45. The molecule has 0 bridgehead atoms. The second-order valence-corrected chi connectivity index (χ2v) is 15.1. The van der Waals surface area contributed by atoms with E-state index in [9.17, 15) is 0 Å². The third kappa shape index (κ3) is 5.43. The Labute approximate surface area is 340 Å². The van der Waals surface area contributed by atoms with Crippen molar-refractivity contribution in [2.24, 2.45) is 0 Å². The number of aromatic nitrogens is 1. The molecule has 0 spiro atoms. The van der Waals surface area contributed by atoms with E-state index in [2.05, 4.69) is 168 Å². The first-order valence-corrected chi connectivity index (χ1v) is 20.0. The maximum Gasteiger partial charge on any atom is 0.161 e. The van der Waals surface area contributed by atoms with Crippen LogP contribution < -0.4 is 10.2 Å². The summed E-state index contributed by atoms with van der Waals surface area (Å²) in [5.74, 6) is 0.967. The monoisotopic (exact) mass is 757 g/mol. The van der Waals surface area contributed by atoms with Crippen LogP contribution in [0, 0.1) is 0 Å². The molecule has 8 aromatic carbocycles. The van der Waals surface area contributed by atoms with Crippen molar-refractivity contribution in [1.29, 1.82) is 0 Å². The van der Waals surface area contributed by atoms with E-state index in [0.29, 0.717) is 6.54 Å². The highest BCUT2D eigenvalue weighted by atomic mass is 16.3. The number of hydrogen-bond donors (Lipinski definition) is 1. The van der Waals surface area contributed by atoms with Crippen molar-refractivity contribution in [2.75, 3.05) is 4.90 Å². The predicted molar refractivity (Wildman–Crippen MR) is 243 cm³/mol. The first kappa shape index (κ1) is 33.3. The fourth-order valence-corrected chi connectivity index (χ4v) is 8.97. The van der Waals surface area contributed by atoms with Crippen LogP contribution >= 0.6 is 0 Å². The summed E-state index contributed by atoms with van der Waals surface area (Å²) in [6.07, 6.45) is 5.96.